The van der Waals surface area contributed by atoms with Crippen LogP contribution in [0, 0.1) is 5.41 Å². The molecule has 0 radical (unpaired) electrons. The fourth-order valence-corrected chi connectivity index (χ4v) is 3.21. The highest BCUT2D eigenvalue weighted by molar-refractivity contribution is 6.17. The number of carbonyl (C=O) groups is 2. The Kier molecular flexibility index (Phi) is 5.73. The molecule has 0 spiro atoms. The molecule has 0 atom stereocenters. The zero-order chi connectivity index (χ0) is 20.3. The fourth-order valence-electron chi connectivity index (χ4n) is 3.21. The molecule has 0 heterocycles. The minimum Gasteiger partial charge on any atom is -0.489 e. The molecule has 1 fully saturated rings. The van der Waals surface area contributed by atoms with Gasteiger partial charge in [0.05, 0.1) is 11.8 Å². The van der Waals surface area contributed by atoms with Gasteiger partial charge in [-0.15, -0.1) is 0 Å². The maximum Gasteiger partial charge on any atom is 0.240 e. The van der Waals surface area contributed by atoms with E-state index in [4.69, 9.17) is 4.74 Å². The zero-order valence-corrected chi connectivity index (χ0v) is 16.9. The van der Waals surface area contributed by atoms with Gasteiger partial charge in [-0.2, -0.15) is 0 Å². The van der Waals surface area contributed by atoms with E-state index in [0.717, 1.165) is 11.3 Å². The van der Waals surface area contributed by atoms with Crippen molar-refractivity contribution in [1.29, 1.82) is 0 Å². The first-order chi connectivity index (χ1) is 13.3. The summed E-state index contributed by atoms with van der Waals surface area (Å²) in [5.74, 6) is 0.347. The molecule has 0 aromatic heterocycles. The number of hydrogen-bond donors (Lipinski definition) is 2. The Morgan fingerprint density at radius 3 is 1.96 bits per heavy atom. The van der Waals surface area contributed by atoms with Crippen LogP contribution >= 0.6 is 0 Å². The monoisotopic (exact) mass is 380 g/mol. The van der Waals surface area contributed by atoms with Crippen molar-refractivity contribution in [3.05, 3.63) is 54.1 Å². The normalized spacial score (nSPS) is 14.6. The molecule has 5 heteroatoms. The van der Waals surface area contributed by atoms with E-state index < -0.39 is 5.41 Å². The van der Waals surface area contributed by atoms with Crippen LogP contribution in [0.25, 0.3) is 0 Å². The lowest BCUT2D eigenvalue weighted by Crippen LogP contribution is -2.36. The van der Waals surface area contributed by atoms with Gasteiger partial charge in [-0.1, -0.05) is 44.2 Å². The maximum atomic E-state index is 13.0. The van der Waals surface area contributed by atoms with Gasteiger partial charge in [-0.25, -0.2) is 0 Å². The zero-order valence-electron chi connectivity index (χ0n) is 16.9. The highest BCUT2D eigenvalue weighted by Gasteiger charge is 2.56. The molecule has 1 aliphatic carbocycles. The molecule has 0 bridgehead atoms. The van der Waals surface area contributed by atoms with Gasteiger partial charge in [0, 0.05) is 5.69 Å². The van der Waals surface area contributed by atoms with E-state index in [9.17, 15) is 9.59 Å². The first-order valence-electron chi connectivity index (χ1n) is 9.81. The van der Waals surface area contributed by atoms with Crippen LogP contribution < -0.4 is 15.4 Å². The smallest absolute Gasteiger partial charge is 0.240 e. The molecule has 2 aromatic rings. The van der Waals surface area contributed by atoms with Crippen molar-refractivity contribution in [2.24, 2.45) is 5.41 Å². The van der Waals surface area contributed by atoms with Crippen molar-refractivity contribution < 1.29 is 14.3 Å². The molecular formula is C23H28N2O3. The van der Waals surface area contributed by atoms with Gasteiger partial charge in [-0.05, 0) is 56.4 Å². The Morgan fingerprint density at radius 1 is 0.857 bits per heavy atom. The minimum atomic E-state index is -1.02. The quantitative estimate of drug-likeness (QED) is 0.668. The number of nitrogens with one attached hydrogen (secondary N) is 2. The Morgan fingerprint density at radius 2 is 1.39 bits per heavy atom. The molecular weight excluding hydrogens is 352 g/mol. The number of benzene rings is 2. The molecule has 3 rings (SSSR count). The molecule has 148 valence electrons. The summed E-state index contributed by atoms with van der Waals surface area (Å²) in [6.07, 6.45) is 1.08. The third-order valence-corrected chi connectivity index (χ3v) is 4.95. The third kappa shape index (κ3) is 4.19. The average molecular weight is 380 g/mol. The third-order valence-electron chi connectivity index (χ3n) is 4.95. The van der Waals surface area contributed by atoms with Crippen molar-refractivity contribution in [3.8, 4) is 5.75 Å². The summed E-state index contributed by atoms with van der Waals surface area (Å²) in [4.78, 5) is 25.9. The standard InChI is InChI=1S/C23H28N2O3/c1-15(2)17-9-5-6-10-18(17)24-21(26)23(13-14-23)22(27)25-19-11-7-8-12-20(19)28-16(3)4/h5-12,15-16H,13-14H2,1-4H3,(H,24,26)(H,25,27). The van der Waals surface area contributed by atoms with E-state index in [1.807, 2.05) is 56.3 Å². The topological polar surface area (TPSA) is 67.4 Å². The first-order valence-corrected chi connectivity index (χ1v) is 9.81. The predicted octanol–water partition coefficient (Wildman–Crippen LogP) is 4.95. The number of anilines is 2. The highest BCUT2D eigenvalue weighted by atomic mass is 16.5. The van der Waals surface area contributed by atoms with Crippen molar-refractivity contribution in [1.82, 2.24) is 0 Å². The van der Waals surface area contributed by atoms with Gasteiger partial charge < -0.3 is 15.4 Å². The van der Waals surface area contributed by atoms with Gasteiger partial charge in [0.25, 0.3) is 0 Å². The second-order valence-electron chi connectivity index (χ2n) is 7.90. The van der Waals surface area contributed by atoms with Gasteiger partial charge in [-0.3, -0.25) is 9.59 Å². The number of ether oxygens (including phenoxy) is 1. The van der Waals surface area contributed by atoms with Crippen molar-refractivity contribution in [2.75, 3.05) is 10.6 Å². The van der Waals surface area contributed by atoms with Crippen molar-refractivity contribution in [2.45, 2.75) is 52.6 Å². The van der Waals surface area contributed by atoms with Crippen LogP contribution in [0.4, 0.5) is 11.4 Å². The molecule has 2 amide bonds. The molecule has 28 heavy (non-hydrogen) atoms. The minimum absolute atomic E-state index is 0.0104. The number of para-hydroxylation sites is 3. The lowest BCUT2D eigenvalue weighted by atomic mass is 9.99. The van der Waals surface area contributed by atoms with Crippen molar-refractivity contribution >= 4 is 23.2 Å². The summed E-state index contributed by atoms with van der Waals surface area (Å²) in [6.45, 7) is 8.02. The second-order valence-corrected chi connectivity index (χ2v) is 7.90. The van der Waals surface area contributed by atoms with Crippen LogP contribution in [0.1, 0.15) is 52.0 Å². The van der Waals surface area contributed by atoms with Gasteiger partial charge in [0.1, 0.15) is 11.2 Å². The summed E-state index contributed by atoms with van der Waals surface area (Å²) in [5, 5.41) is 5.88. The summed E-state index contributed by atoms with van der Waals surface area (Å²) < 4.78 is 5.76. The Hall–Kier alpha value is -2.82. The van der Waals surface area contributed by atoms with Crippen LogP contribution in [-0.2, 0) is 9.59 Å². The molecule has 0 unspecified atom stereocenters. The lowest BCUT2D eigenvalue weighted by molar-refractivity contribution is -0.131. The number of hydrogen-bond acceptors (Lipinski definition) is 3. The SMILES string of the molecule is CC(C)Oc1ccccc1NC(=O)C1(C(=O)Nc2ccccc2C(C)C)CC1. The van der Waals surface area contributed by atoms with Crippen LogP contribution in [0.15, 0.2) is 48.5 Å². The van der Waals surface area contributed by atoms with Crippen LogP contribution in [-0.4, -0.2) is 17.9 Å². The van der Waals surface area contributed by atoms with Crippen LogP contribution in [0.3, 0.4) is 0 Å². The Balaban J connectivity index is 1.75. The molecule has 0 saturated heterocycles. The second kappa shape index (κ2) is 8.05. The molecule has 2 aromatic carbocycles. The molecule has 1 aliphatic rings. The van der Waals surface area contributed by atoms with E-state index in [0.29, 0.717) is 24.3 Å². The maximum absolute atomic E-state index is 13.0. The van der Waals surface area contributed by atoms with E-state index in [-0.39, 0.29) is 23.8 Å². The number of rotatable bonds is 7. The van der Waals surface area contributed by atoms with E-state index >= 15 is 0 Å². The molecule has 0 aliphatic heterocycles. The van der Waals surface area contributed by atoms with Crippen molar-refractivity contribution in [3.63, 3.8) is 0 Å². The highest BCUT2D eigenvalue weighted by Crippen LogP contribution is 2.48. The molecule has 5 nitrogen and oxygen atoms in total. The van der Waals surface area contributed by atoms with Crippen LogP contribution in [0.2, 0.25) is 0 Å². The van der Waals surface area contributed by atoms with Gasteiger partial charge in [0.2, 0.25) is 11.8 Å². The Bertz CT molecular complexity index is 870. The average Bonchev–Trinajstić information content (AvgIpc) is 3.45. The van der Waals surface area contributed by atoms with Gasteiger partial charge in [0.15, 0.2) is 0 Å². The van der Waals surface area contributed by atoms with Crippen LogP contribution in [0.5, 0.6) is 5.75 Å². The van der Waals surface area contributed by atoms with E-state index in [2.05, 4.69) is 24.5 Å². The lowest BCUT2D eigenvalue weighted by Gasteiger charge is -2.20. The molecule has 2 N–H and O–H groups in total. The number of carbonyl (C=O) groups excluding carboxylic acids is 2. The number of amides is 2. The van der Waals surface area contributed by atoms with E-state index in [1.165, 1.54) is 0 Å². The fraction of sp³-hybridized carbons (Fsp3) is 0.391. The van der Waals surface area contributed by atoms with Gasteiger partial charge >= 0.3 is 0 Å². The summed E-state index contributed by atoms with van der Waals surface area (Å²) >= 11 is 0. The summed E-state index contributed by atoms with van der Waals surface area (Å²) in [6, 6.07) is 15.0. The Labute approximate surface area is 166 Å². The first kappa shape index (κ1) is 19.9. The largest absolute Gasteiger partial charge is 0.489 e. The summed E-state index contributed by atoms with van der Waals surface area (Å²) in [7, 11) is 0. The van der Waals surface area contributed by atoms with E-state index in [1.54, 1.807) is 6.07 Å². The molecule has 1 saturated carbocycles. The summed E-state index contributed by atoms with van der Waals surface area (Å²) in [5.41, 5.74) is 1.39. The predicted molar refractivity (Wildman–Crippen MR) is 112 cm³/mol.